The van der Waals surface area contributed by atoms with Crippen LogP contribution in [0.1, 0.15) is 12.0 Å². The van der Waals surface area contributed by atoms with Gasteiger partial charge in [0.1, 0.15) is 12.2 Å². The van der Waals surface area contributed by atoms with Gasteiger partial charge in [-0.2, -0.15) is 0 Å². The van der Waals surface area contributed by atoms with Crippen LogP contribution >= 0.6 is 0 Å². The first-order chi connectivity index (χ1) is 10.0. The lowest BCUT2D eigenvalue weighted by Crippen LogP contribution is -2.21. The fourth-order valence-electron chi connectivity index (χ4n) is 1.85. The van der Waals surface area contributed by atoms with Gasteiger partial charge in [-0.05, 0) is 42.8 Å². The number of halogens is 1. The molecule has 108 valence electrons. The molecule has 0 aromatic heterocycles. The third-order valence-corrected chi connectivity index (χ3v) is 2.73. The van der Waals surface area contributed by atoms with Crippen molar-refractivity contribution in [3.05, 3.63) is 59.9 Å². The molecule has 0 spiro atoms. The van der Waals surface area contributed by atoms with E-state index in [-0.39, 0.29) is 6.42 Å². The average molecular weight is 286 g/mol. The molecule has 0 fully saturated rings. The molecule has 2 aromatic rings. The van der Waals surface area contributed by atoms with Crippen LogP contribution in [0.25, 0.3) is 0 Å². The summed E-state index contributed by atoms with van der Waals surface area (Å²) in [6, 6.07) is 12.8. The quantitative estimate of drug-likeness (QED) is 0.848. The first kappa shape index (κ1) is 14.7. The van der Waals surface area contributed by atoms with Crippen LogP contribution in [0.5, 0.6) is 0 Å². The van der Waals surface area contributed by atoms with Gasteiger partial charge in [-0.25, -0.2) is 4.39 Å². The van der Waals surface area contributed by atoms with E-state index in [1.54, 1.807) is 12.1 Å². The zero-order valence-electron chi connectivity index (χ0n) is 11.5. The maximum atomic E-state index is 13.0. The molecule has 4 nitrogen and oxygen atoms in total. The second kappa shape index (κ2) is 6.65. The van der Waals surface area contributed by atoms with Crippen molar-refractivity contribution in [1.82, 2.24) is 0 Å². The van der Waals surface area contributed by atoms with Crippen LogP contribution in [0.2, 0.25) is 0 Å². The second-order valence-corrected chi connectivity index (χ2v) is 4.65. The van der Waals surface area contributed by atoms with Crippen molar-refractivity contribution in [2.24, 2.45) is 0 Å². The number of amides is 2. The predicted molar refractivity (Wildman–Crippen MR) is 79.5 cm³/mol. The van der Waals surface area contributed by atoms with Crippen molar-refractivity contribution in [2.45, 2.75) is 13.3 Å². The Bertz CT molecular complexity index is 613. The average Bonchev–Trinajstić information content (AvgIpc) is 2.38. The van der Waals surface area contributed by atoms with Crippen molar-refractivity contribution < 1.29 is 14.0 Å². The third-order valence-electron chi connectivity index (χ3n) is 2.73. The lowest BCUT2D eigenvalue weighted by Gasteiger charge is -2.07. The van der Waals surface area contributed by atoms with Crippen molar-refractivity contribution >= 4 is 23.2 Å². The van der Waals surface area contributed by atoms with Crippen LogP contribution < -0.4 is 10.6 Å². The van der Waals surface area contributed by atoms with Crippen LogP contribution in [-0.2, 0) is 9.59 Å². The molecule has 5 heteroatoms. The van der Waals surface area contributed by atoms with Crippen LogP contribution in [-0.4, -0.2) is 11.8 Å². The minimum atomic E-state index is -0.495. The molecule has 0 unspecified atom stereocenters. The van der Waals surface area contributed by atoms with E-state index in [4.69, 9.17) is 0 Å². The first-order valence-corrected chi connectivity index (χ1v) is 6.45. The van der Waals surface area contributed by atoms with Crippen molar-refractivity contribution in [3.8, 4) is 0 Å². The second-order valence-electron chi connectivity index (χ2n) is 4.65. The van der Waals surface area contributed by atoms with Gasteiger partial charge in [0.2, 0.25) is 11.8 Å². The number of anilines is 2. The van der Waals surface area contributed by atoms with Crippen LogP contribution in [0.15, 0.2) is 48.5 Å². The van der Waals surface area contributed by atoms with Crippen molar-refractivity contribution in [1.29, 1.82) is 0 Å². The summed E-state index contributed by atoms with van der Waals surface area (Å²) in [7, 11) is 0. The zero-order chi connectivity index (χ0) is 15.2. The number of nitrogens with one attached hydrogen (secondary N) is 2. The molecule has 2 aromatic carbocycles. The lowest BCUT2D eigenvalue weighted by molar-refractivity contribution is -0.123. The molecule has 2 rings (SSSR count). The number of benzene rings is 2. The van der Waals surface area contributed by atoms with E-state index in [1.165, 1.54) is 18.2 Å². The van der Waals surface area contributed by atoms with Crippen LogP contribution in [0.3, 0.4) is 0 Å². The molecule has 0 aliphatic rings. The maximum Gasteiger partial charge on any atom is 0.233 e. The highest BCUT2D eigenvalue weighted by Gasteiger charge is 2.10. The molecular formula is C16H15FN2O2. The number of hydrogen-bond acceptors (Lipinski definition) is 2. The van der Waals surface area contributed by atoms with E-state index in [2.05, 4.69) is 10.6 Å². The molecular weight excluding hydrogens is 271 g/mol. The van der Waals surface area contributed by atoms with Gasteiger partial charge in [0.05, 0.1) is 0 Å². The zero-order valence-corrected chi connectivity index (χ0v) is 11.5. The van der Waals surface area contributed by atoms with E-state index in [0.717, 1.165) is 5.56 Å². The van der Waals surface area contributed by atoms with E-state index in [9.17, 15) is 14.0 Å². The minimum absolute atomic E-state index is 0.323. The monoisotopic (exact) mass is 286 g/mol. The van der Waals surface area contributed by atoms with Crippen LogP contribution in [0.4, 0.5) is 15.8 Å². The summed E-state index contributed by atoms with van der Waals surface area (Å²) in [5.41, 5.74) is 1.97. The van der Waals surface area contributed by atoms with Gasteiger partial charge >= 0.3 is 0 Å². The Kier molecular flexibility index (Phi) is 4.66. The molecule has 0 heterocycles. The summed E-state index contributed by atoms with van der Waals surface area (Å²) in [5.74, 6) is -1.36. The summed E-state index contributed by atoms with van der Waals surface area (Å²) in [4.78, 5) is 23.4. The Labute approximate surface area is 122 Å². The molecule has 0 radical (unpaired) electrons. The Morgan fingerprint density at radius 1 is 0.952 bits per heavy atom. The molecule has 0 aliphatic heterocycles. The fourth-order valence-corrected chi connectivity index (χ4v) is 1.85. The molecule has 0 saturated heterocycles. The molecule has 0 saturated carbocycles. The number of aryl methyl sites for hydroxylation is 1. The smallest absolute Gasteiger partial charge is 0.233 e. The minimum Gasteiger partial charge on any atom is -0.326 e. The van der Waals surface area contributed by atoms with E-state index in [1.807, 2.05) is 25.1 Å². The third kappa shape index (κ3) is 4.72. The molecule has 0 bridgehead atoms. The van der Waals surface area contributed by atoms with Gasteiger partial charge < -0.3 is 10.6 Å². The van der Waals surface area contributed by atoms with Crippen molar-refractivity contribution in [3.63, 3.8) is 0 Å². The van der Waals surface area contributed by atoms with E-state index >= 15 is 0 Å². The number of rotatable bonds is 4. The highest BCUT2D eigenvalue weighted by atomic mass is 19.1. The van der Waals surface area contributed by atoms with Gasteiger partial charge in [0.15, 0.2) is 0 Å². The fraction of sp³-hybridized carbons (Fsp3) is 0.125. The SMILES string of the molecule is Cc1cccc(NC(=O)CC(=O)Nc2cccc(F)c2)c1. The van der Waals surface area contributed by atoms with Gasteiger partial charge in [0.25, 0.3) is 0 Å². The molecule has 0 aliphatic carbocycles. The molecule has 21 heavy (non-hydrogen) atoms. The van der Waals surface area contributed by atoms with Crippen molar-refractivity contribution in [2.75, 3.05) is 10.6 Å². The summed E-state index contributed by atoms with van der Waals surface area (Å²) in [5, 5.41) is 5.11. The Morgan fingerprint density at radius 2 is 1.52 bits per heavy atom. The highest BCUT2D eigenvalue weighted by Crippen LogP contribution is 2.11. The summed E-state index contributed by atoms with van der Waals surface area (Å²) < 4.78 is 13.0. The number of carbonyl (C=O) groups is 2. The Hall–Kier alpha value is -2.69. The molecule has 0 atom stereocenters. The summed E-state index contributed by atoms with van der Waals surface area (Å²) >= 11 is 0. The Morgan fingerprint density at radius 3 is 2.10 bits per heavy atom. The largest absolute Gasteiger partial charge is 0.326 e. The van der Waals surface area contributed by atoms with E-state index in [0.29, 0.717) is 11.4 Å². The molecule has 2 N–H and O–H groups in total. The van der Waals surface area contributed by atoms with Gasteiger partial charge in [-0.3, -0.25) is 9.59 Å². The van der Waals surface area contributed by atoms with Crippen LogP contribution in [0, 0.1) is 12.7 Å². The molecule has 2 amide bonds. The standard InChI is InChI=1S/C16H15FN2O2/c1-11-4-2-6-13(8-11)18-15(20)10-16(21)19-14-7-3-5-12(17)9-14/h2-9H,10H2,1H3,(H,18,20)(H,19,21). The highest BCUT2D eigenvalue weighted by molar-refractivity contribution is 6.08. The lowest BCUT2D eigenvalue weighted by atomic mass is 10.2. The number of carbonyl (C=O) groups excluding carboxylic acids is 2. The predicted octanol–water partition coefficient (Wildman–Crippen LogP) is 3.10. The van der Waals surface area contributed by atoms with Gasteiger partial charge in [-0.15, -0.1) is 0 Å². The van der Waals surface area contributed by atoms with Gasteiger partial charge in [0, 0.05) is 11.4 Å². The first-order valence-electron chi connectivity index (χ1n) is 6.45. The normalized spacial score (nSPS) is 10.0. The number of hydrogen-bond donors (Lipinski definition) is 2. The summed E-state index contributed by atoms with van der Waals surface area (Å²) in [6.07, 6.45) is -0.329. The van der Waals surface area contributed by atoms with E-state index < -0.39 is 17.6 Å². The summed E-state index contributed by atoms with van der Waals surface area (Å²) in [6.45, 7) is 1.91. The topological polar surface area (TPSA) is 58.2 Å². The van der Waals surface area contributed by atoms with Gasteiger partial charge in [-0.1, -0.05) is 18.2 Å². The Balaban J connectivity index is 1.89. The maximum absolute atomic E-state index is 13.0.